The lowest BCUT2D eigenvalue weighted by Gasteiger charge is -2.09. The number of aromatic nitrogens is 2. The number of amides is 1. The monoisotopic (exact) mass is 321 g/mol. The molecule has 1 amide bonds. The normalized spacial score (nSPS) is 10.5. The highest BCUT2D eigenvalue weighted by molar-refractivity contribution is 6.04. The van der Waals surface area contributed by atoms with Gasteiger partial charge in [-0.25, -0.2) is 14.4 Å². The lowest BCUT2D eigenvalue weighted by atomic mass is 10.1. The quantitative estimate of drug-likeness (QED) is 0.788. The summed E-state index contributed by atoms with van der Waals surface area (Å²) in [6.45, 7) is 3.63. The zero-order chi connectivity index (χ0) is 17.1. The van der Waals surface area contributed by atoms with E-state index < -0.39 is 0 Å². The maximum Gasteiger partial charge on any atom is 0.257 e. The molecule has 3 rings (SSSR count). The topological polar surface area (TPSA) is 54.9 Å². The van der Waals surface area contributed by atoms with Crippen molar-refractivity contribution in [1.29, 1.82) is 0 Å². The van der Waals surface area contributed by atoms with Crippen molar-refractivity contribution in [1.82, 2.24) is 9.97 Å². The molecule has 0 saturated heterocycles. The van der Waals surface area contributed by atoms with Gasteiger partial charge < -0.3 is 5.32 Å². The first kappa shape index (κ1) is 15.8. The van der Waals surface area contributed by atoms with E-state index in [4.69, 9.17) is 0 Å². The molecule has 3 aromatic rings. The summed E-state index contributed by atoms with van der Waals surface area (Å²) in [5.74, 6) is 0.404. The molecule has 0 saturated carbocycles. The maximum atomic E-state index is 13.1. The predicted octanol–water partition coefficient (Wildman–Crippen LogP) is 4.15. The van der Waals surface area contributed by atoms with Crippen molar-refractivity contribution in [3.05, 3.63) is 77.4 Å². The fourth-order valence-corrected chi connectivity index (χ4v) is 2.41. The van der Waals surface area contributed by atoms with Crippen molar-refractivity contribution < 1.29 is 9.18 Å². The number of anilines is 1. The number of aryl methyl sites for hydroxylation is 2. The standard InChI is InChI=1S/C19H16FN3O/c1-12-5-3-4-6-16(12)19(24)23-18-11-17(21-13(2)22-18)14-7-9-15(20)10-8-14/h3-11H,1-2H3,(H,21,22,23,24). The molecule has 0 aliphatic heterocycles. The van der Waals surface area contributed by atoms with Gasteiger partial charge in [-0.15, -0.1) is 0 Å². The van der Waals surface area contributed by atoms with E-state index >= 15 is 0 Å². The molecule has 0 unspecified atom stereocenters. The Labute approximate surface area is 139 Å². The van der Waals surface area contributed by atoms with Crippen LogP contribution in [0.5, 0.6) is 0 Å². The van der Waals surface area contributed by atoms with Crippen LogP contribution in [0.25, 0.3) is 11.3 Å². The second-order valence-corrected chi connectivity index (χ2v) is 5.46. The molecule has 0 aliphatic rings. The van der Waals surface area contributed by atoms with Gasteiger partial charge >= 0.3 is 0 Å². The van der Waals surface area contributed by atoms with Crippen LogP contribution >= 0.6 is 0 Å². The lowest BCUT2D eigenvalue weighted by molar-refractivity contribution is 0.102. The van der Waals surface area contributed by atoms with Crippen LogP contribution in [0.1, 0.15) is 21.7 Å². The summed E-state index contributed by atoms with van der Waals surface area (Å²) < 4.78 is 13.1. The summed E-state index contributed by atoms with van der Waals surface area (Å²) in [4.78, 5) is 21.0. The van der Waals surface area contributed by atoms with Crippen molar-refractivity contribution in [2.45, 2.75) is 13.8 Å². The zero-order valence-electron chi connectivity index (χ0n) is 13.4. The first-order chi connectivity index (χ1) is 11.5. The fourth-order valence-electron chi connectivity index (χ4n) is 2.41. The van der Waals surface area contributed by atoms with Crippen molar-refractivity contribution in [3.63, 3.8) is 0 Å². The molecular formula is C19H16FN3O. The molecule has 1 heterocycles. The summed E-state index contributed by atoms with van der Waals surface area (Å²) in [5.41, 5.74) is 2.87. The number of hydrogen-bond acceptors (Lipinski definition) is 3. The summed E-state index contributed by atoms with van der Waals surface area (Å²) in [6.07, 6.45) is 0. The van der Waals surface area contributed by atoms with Crippen LogP contribution in [0.2, 0.25) is 0 Å². The summed E-state index contributed by atoms with van der Waals surface area (Å²) in [6, 6.07) is 15.1. The minimum Gasteiger partial charge on any atom is -0.306 e. The smallest absolute Gasteiger partial charge is 0.257 e. The second kappa shape index (κ2) is 6.58. The average molecular weight is 321 g/mol. The first-order valence-corrected chi connectivity index (χ1v) is 7.51. The minimum atomic E-state index is -0.308. The third kappa shape index (κ3) is 3.46. The number of benzene rings is 2. The molecular weight excluding hydrogens is 305 g/mol. The molecule has 0 atom stereocenters. The Morgan fingerprint density at radius 3 is 2.42 bits per heavy atom. The van der Waals surface area contributed by atoms with E-state index in [1.165, 1.54) is 12.1 Å². The van der Waals surface area contributed by atoms with E-state index in [1.807, 2.05) is 25.1 Å². The largest absolute Gasteiger partial charge is 0.306 e. The summed E-state index contributed by atoms with van der Waals surface area (Å²) >= 11 is 0. The van der Waals surface area contributed by atoms with Crippen LogP contribution in [0.4, 0.5) is 10.2 Å². The molecule has 0 bridgehead atoms. The average Bonchev–Trinajstić information content (AvgIpc) is 2.55. The maximum absolute atomic E-state index is 13.1. The molecule has 24 heavy (non-hydrogen) atoms. The van der Waals surface area contributed by atoms with Gasteiger partial charge in [0.25, 0.3) is 5.91 Å². The second-order valence-electron chi connectivity index (χ2n) is 5.46. The van der Waals surface area contributed by atoms with E-state index in [9.17, 15) is 9.18 Å². The van der Waals surface area contributed by atoms with Crippen LogP contribution in [0.3, 0.4) is 0 Å². The van der Waals surface area contributed by atoms with Crippen LogP contribution in [-0.4, -0.2) is 15.9 Å². The van der Waals surface area contributed by atoms with E-state index in [1.54, 1.807) is 31.2 Å². The number of halogens is 1. The van der Waals surface area contributed by atoms with E-state index in [0.29, 0.717) is 22.9 Å². The molecule has 0 aliphatic carbocycles. The number of carbonyl (C=O) groups excluding carboxylic acids is 1. The number of carbonyl (C=O) groups is 1. The third-order valence-electron chi connectivity index (χ3n) is 3.61. The Kier molecular flexibility index (Phi) is 4.33. The molecule has 0 fully saturated rings. The molecule has 4 nitrogen and oxygen atoms in total. The highest BCUT2D eigenvalue weighted by Crippen LogP contribution is 2.21. The lowest BCUT2D eigenvalue weighted by Crippen LogP contribution is -2.15. The Balaban J connectivity index is 1.90. The van der Waals surface area contributed by atoms with Gasteiger partial charge in [0.2, 0.25) is 0 Å². The minimum absolute atomic E-state index is 0.226. The van der Waals surface area contributed by atoms with Crippen molar-refractivity contribution in [3.8, 4) is 11.3 Å². The molecule has 1 N–H and O–H groups in total. The Bertz CT molecular complexity index is 891. The molecule has 0 spiro atoms. The Hall–Kier alpha value is -3.08. The molecule has 120 valence electrons. The first-order valence-electron chi connectivity index (χ1n) is 7.51. The highest BCUT2D eigenvalue weighted by Gasteiger charge is 2.11. The van der Waals surface area contributed by atoms with Gasteiger partial charge in [0.05, 0.1) is 5.69 Å². The van der Waals surface area contributed by atoms with Crippen LogP contribution in [-0.2, 0) is 0 Å². The zero-order valence-corrected chi connectivity index (χ0v) is 13.4. The Morgan fingerprint density at radius 1 is 1.00 bits per heavy atom. The van der Waals surface area contributed by atoms with Crippen molar-refractivity contribution in [2.75, 3.05) is 5.32 Å². The van der Waals surface area contributed by atoms with E-state index in [2.05, 4.69) is 15.3 Å². The van der Waals surface area contributed by atoms with Crippen molar-refractivity contribution >= 4 is 11.7 Å². The van der Waals surface area contributed by atoms with E-state index in [0.717, 1.165) is 11.1 Å². The van der Waals surface area contributed by atoms with Crippen LogP contribution in [0.15, 0.2) is 54.6 Å². The molecule has 5 heteroatoms. The van der Waals surface area contributed by atoms with Gasteiger partial charge in [-0.1, -0.05) is 18.2 Å². The number of nitrogens with one attached hydrogen (secondary N) is 1. The number of rotatable bonds is 3. The van der Waals surface area contributed by atoms with Gasteiger partial charge in [-0.3, -0.25) is 4.79 Å². The predicted molar refractivity (Wildman–Crippen MR) is 91.3 cm³/mol. The van der Waals surface area contributed by atoms with Crippen LogP contribution < -0.4 is 5.32 Å². The van der Waals surface area contributed by atoms with Gasteiger partial charge in [0, 0.05) is 17.2 Å². The fraction of sp³-hybridized carbons (Fsp3) is 0.105. The van der Waals surface area contributed by atoms with Gasteiger partial charge in [-0.05, 0) is 49.7 Å². The van der Waals surface area contributed by atoms with Crippen molar-refractivity contribution in [2.24, 2.45) is 0 Å². The molecule has 0 radical (unpaired) electrons. The number of nitrogens with zero attached hydrogens (tertiary/aromatic N) is 2. The summed E-state index contributed by atoms with van der Waals surface area (Å²) in [7, 11) is 0. The van der Waals surface area contributed by atoms with Gasteiger partial charge in [0.1, 0.15) is 17.5 Å². The SMILES string of the molecule is Cc1nc(NC(=O)c2ccccc2C)cc(-c2ccc(F)cc2)n1. The molecule has 2 aromatic carbocycles. The highest BCUT2D eigenvalue weighted by atomic mass is 19.1. The Morgan fingerprint density at radius 2 is 1.71 bits per heavy atom. The summed E-state index contributed by atoms with van der Waals surface area (Å²) in [5, 5.41) is 2.80. The van der Waals surface area contributed by atoms with E-state index in [-0.39, 0.29) is 11.7 Å². The van der Waals surface area contributed by atoms with Gasteiger partial charge in [0.15, 0.2) is 0 Å². The molecule has 1 aromatic heterocycles. The third-order valence-corrected chi connectivity index (χ3v) is 3.61. The number of hydrogen-bond donors (Lipinski definition) is 1. The van der Waals surface area contributed by atoms with Crippen LogP contribution in [0, 0.1) is 19.7 Å². The van der Waals surface area contributed by atoms with Gasteiger partial charge in [-0.2, -0.15) is 0 Å².